The first kappa shape index (κ1) is 10.3. The van der Waals surface area contributed by atoms with E-state index in [0.29, 0.717) is 11.7 Å². The van der Waals surface area contributed by atoms with Crippen LogP contribution >= 0.6 is 12.6 Å². The number of nitrogen functional groups attached to an aromatic ring is 1. The number of H-pyrrole nitrogens is 1. The van der Waals surface area contributed by atoms with Gasteiger partial charge in [0.25, 0.3) is 0 Å². The molecule has 1 aromatic rings. The predicted octanol–water partition coefficient (Wildman–Crippen LogP) is 2.82. The SMILES string of the molecule is Nc1n[nH]c(C2C3CC4CC(C3)CC2C4)c1S. The topological polar surface area (TPSA) is 54.7 Å². The summed E-state index contributed by atoms with van der Waals surface area (Å²) in [5.41, 5.74) is 7.04. The van der Waals surface area contributed by atoms with Crippen LogP contribution in [-0.2, 0) is 0 Å². The summed E-state index contributed by atoms with van der Waals surface area (Å²) in [4.78, 5) is 0.905. The number of hydrogen-bond donors (Lipinski definition) is 3. The van der Waals surface area contributed by atoms with Gasteiger partial charge in [-0.05, 0) is 55.8 Å². The molecule has 4 aliphatic carbocycles. The van der Waals surface area contributed by atoms with E-state index in [2.05, 4.69) is 22.8 Å². The lowest BCUT2D eigenvalue weighted by atomic mass is 9.51. The summed E-state index contributed by atoms with van der Waals surface area (Å²) < 4.78 is 0. The van der Waals surface area contributed by atoms with Crippen molar-refractivity contribution in [2.24, 2.45) is 23.7 Å². The maximum absolute atomic E-state index is 5.81. The average molecular weight is 249 g/mol. The Bertz CT molecular complexity index is 426. The van der Waals surface area contributed by atoms with E-state index < -0.39 is 0 Å². The second-order valence-corrected chi connectivity index (χ2v) is 6.77. The minimum atomic E-state index is 0.567. The van der Waals surface area contributed by atoms with Crippen LogP contribution in [0.4, 0.5) is 5.82 Å². The second-order valence-electron chi connectivity index (χ2n) is 6.33. The van der Waals surface area contributed by atoms with E-state index in [1.165, 1.54) is 37.8 Å². The molecule has 17 heavy (non-hydrogen) atoms. The van der Waals surface area contributed by atoms with Crippen LogP contribution in [0.25, 0.3) is 0 Å². The van der Waals surface area contributed by atoms with Crippen molar-refractivity contribution < 1.29 is 0 Å². The fourth-order valence-electron chi connectivity index (χ4n) is 4.99. The van der Waals surface area contributed by atoms with Crippen LogP contribution in [-0.4, -0.2) is 10.2 Å². The molecule has 92 valence electrons. The van der Waals surface area contributed by atoms with Crippen molar-refractivity contribution in [1.82, 2.24) is 10.2 Å². The standard InChI is InChI=1S/C13H19N3S/c14-13-12(17)11(15-16-13)10-8-2-6-1-7(4-8)5-9(10)3-6/h6-10,17H,1-5H2,(H3,14,15,16). The van der Waals surface area contributed by atoms with Crippen molar-refractivity contribution in [3.8, 4) is 0 Å². The molecule has 3 N–H and O–H groups in total. The van der Waals surface area contributed by atoms with Gasteiger partial charge in [0, 0.05) is 5.92 Å². The molecule has 4 fully saturated rings. The monoisotopic (exact) mass is 249 g/mol. The Labute approximate surface area is 107 Å². The third kappa shape index (κ3) is 1.39. The molecule has 0 saturated heterocycles. The van der Waals surface area contributed by atoms with Gasteiger partial charge in [0.2, 0.25) is 0 Å². The Morgan fingerprint density at radius 2 is 1.65 bits per heavy atom. The molecule has 1 aromatic heterocycles. The number of nitrogens with two attached hydrogens (primary N) is 1. The van der Waals surface area contributed by atoms with Crippen molar-refractivity contribution in [2.45, 2.75) is 42.9 Å². The summed E-state index contributed by atoms with van der Waals surface area (Å²) >= 11 is 4.53. The number of nitrogens with one attached hydrogen (secondary N) is 1. The Hall–Kier alpha value is -0.640. The molecule has 4 saturated carbocycles. The third-order valence-corrected chi connectivity index (χ3v) is 5.82. The van der Waals surface area contributed by atoms with Crippen molar-refractivity contribution in [2.75, 3.05) is 5.73 Å². The smallest absolute Gasteiger partial charge is 0.158 e. The number of thiol groups is 1. The molecule has 5 rings (SSSR count). The number of aromatic amines is 1. The van der Waals surface area contributed by atoms with Crippen LogP contribution in [0.3, 0.4) is 0 Å². The average Bonchev–Trinajstić information content (AvgIpc) is 2.60. The normalized spacial score (nSPS) is 43.2. The van der Waals surface area contributed by atoms with Crippen LogP contribution in [0, 0.1) is 23.7 Å². The molecular formula is C13H19N3S. The van der Waals surface area contributed by atoms with Gasteiger partial charge in [-0.1, -0.05) is 0 Å². The first-order chi connectivity index (χ1) is 8.22. The maximum atomic E-state index is 5.81. The summed E-state index contributed by atoms with van der Waals surface area (Å²) in [7, 11) is 0. The van der Waals surface area contributed by atoms with Crippen LogP contribution in [0.1, 0.15) is 43.7 Å². The Kier molecular flexibility index (Phi) is 2.08. The molecule has 4 bridgehead atoms. The van der Waals surface area contributed by atoms with Crippen LogP contribution in [0.15, 0.2) is 4.90 Å². The number of rotatable bonds is 1. The third-order valence-electron chi connectivity index (χ3n) is 5.35. The van der Waals surface area contributed by atoms with E-state index in [-0.39, 0.29) is 0 Å². The van der Waals surface area contributed by atoms with Crippen LogP contribution < -0.4 is 5.73 Å². The number of anilines is 1. The largest absolute Gasteiger partial charge is 0.381 e. The zero-order valence-corrected chi connectivity index (χ0v) is 10.8. The number of nitrogens with zero attached hydrogens (tertiary/aromatic N) is 1. The molecule has 0 unspecified atom stereocenters. The van der Waals surface area contributed by atoms with E-state index in [1.807, 2.05) is 0 Å². The summed E-state index contributed by atoms with van der Waals surface area (Å²) in [6, 6.07) is 0. The van der Waals surface area contributed by atoms with E-state index in [9.17, 15) is 0 Å². The van der Waals surface area contributed by atoms with Gasteiger partial charge in [-0.3, -0.25) is 5.10 Å². The molecule has 0 aromatic carbocycles. The summed E-state index contributed by atoms with van der Waals surface area (Å²) in [5.74, 6) is 4.96. The fourth-order valence-corrected chi connectivity index (χ4v) is 5.24. The number of aromatic nitrogens is 2. The van der Waals surface area contributed by atoms with Gasteiger partial charge >= 0.3 is 0 Å². The first-order valence-electron chi connectivity index (χ1n) is 6.75. The van der Waals surface area contributed by atoms with E-state index in [0.717, 1.165) is 28.6 Å². The molecule has 4 heteroatoms. The van der Waals surface area contributed by atoms with Gasteiger partial charge < -0.3 is 5.73 Å². The van der Waals surface area contributed by atoms with Crippen LogP contribution in [0.2, 0.25) is 0 Å². The van der Waals surface area contributed by atoms with Gasteiger partial charge in [0.05, 0.1) is 10.6 Å². The van der Waals surface area contributed by atoms with Gasteiger partial charge in [0.1, 0.15) is 0 Å². The zero-order chi connectivity index (χ0) is 11.6. The molecule has 0 atom stereocenters. The van der Waals surface area contributed by atoms with Gasteiger partial charge in [-0.15, -0.1) is 12.6 Å². The predicted molar refractivity (Wildman–Crippen MR) is 70.0 cm³/mol. The van der Waals surface area contributed by atoms with E-state index in [4.69, 9.17) is 5.73 Å². The van der Waals surface area contributed by atoms with E-state index in [1.54, 1.807) is 0 Å². The minimum absolute atomic E-state index is 0.567. The molecule has 3 nitrogen and oxygen atoms in total. The minimum Gasteiger partial charge on any atom is -0.381 e. The van der Waals surface area contributed by atoms with Crippen molar-refractivity contribution in [3.05, 3.63) is 5.69 Å². The van der Waals surface area contributed by atoms with Crippen molar-refractivity contribution in [3.63, 3.8) is 0 Å². The summed E-state index contributed by atoms with van der Waals surface area (Å²) in [5, 5.41) is 7.28. The first-order valence-corrected chi connectivity index (χ1v) is 7.19. The highest BCUT2D eigenvalue weighted by Crippen LogP contribution is 2.60. The molecule has 0 spiro atoms. The second kappa shape index (κ2) is 3.44. The maximum Gasteiger partial charge on any atom is 0.158 e. The van der Waals surface area contributed by atoms with Crippen molar-refractivity contribution >= 4 is 18.4 Å². The highest BCUT2D eigenvalue weighted by atomic mass is 32.1. The lowest BCUT2D eigenvalue weighted by Gasteiger charge is -2.54. The van der Waals surface area contributed by atoms with Crippen molar-refractivity contribution in [1.29, 1.82) is 0 Å². The fraction of sp³-hybridized carbons (Fsp3) is 0.769. The summed E-state index contributed by atoms with van der Waals surface area (Å²) in [6.07, 6.45) is 7.18. The lowest BCUT2D eigenvalue weighted by molar-refractivity contribution is -0.00496. The highest BCUT2D eigenvalue weighted by Gasteiger charge is 2.49. The Morgan fingerprint density at radius 1 is 1.06 bits per heavy atom. The van der Waals surface area contributed by atoms with E-state index >= 15 is 0 Å². The molecule has 0 amide bonds. The van der Waals surface area contributed by atoms with Crippen LogP contribution in [0.5, 0.6) is 0 Å². The van der Waals surface area contributed by atoms with Gasteiger partial charge in [0.15, 0.2) is 5.82 Å². The van der Waals surface area contributed by atoms with Gasteiger partial charge in [-0.25, -0.2) is 0 Å². The Morgan fingerprint density at radius 3 is 2.12 bits per heavy atom. The molecule has 4 aliphatic rings. The molecule has 1 heterocycles. The van der Waals surface area contributed by atoms with Gasteiger partial charge in [-0.2, -0.15) is 5.10 Å². The molecular weight excluding hydrogens is 230 g/mol. The summed E-state index contributed by atoms with van der Waals surface area (Å²) in [6.45, 7) is 0. The lowest BCUT2D eigenvalue weighted by Crippen LogP contribution is -2.44. The quantitative estimate of drug-likeness (QED) is 0.670. The molecule has 0 aliphatic heterocycles. The highest BCUT2D eigenvalue weighted by molar-refractivity contribution is 7.80. The Balaban J connectivity index is 1.73. The number of hydrogen-bond acceptors (Lipinski definition) is 3. The molecule has 0 radical (unpaired) electrons. The zero-order valence-electron chi connectivity index (χ0n) is 9.89.